The van der Waals surface area contributed by atoms with Crippen LogP contribution in [0.1, 0.15) is 24.5 Å². The van der Waals surface area contributed by atoms with Gasteiger partial charge in [-0.3, -0.25) is 0 Å². The maximum absolute atomic E-state index is 10.8. The van der Waals surface area contributed by atoms with E-state index in [9.17, 15) is 9.90 Å². The molecule has 0 unspecified atom stereocenters. The lowest BCUT2D eigenvalue weighted by molar-refractivity contribution is -0.116. The first kappa shape index (κ1) is 13.4. The summed E-state index contributed by atoms with van der Waals surface area (Å²) in [4.78, 5) is 10.8. The first-order valence-corrected chi connectivity index (χ1v) is 6.55. The number of hydrogen-bond donors (Lipinski definition) is 1. The van der Waals surface area contributed by atoms with Crippen LogP contribution in [0.5, 0.6) is 0 Å². The highest BCUT2D eigenvalue weighted by molar-refractivity contribution is 9.09. The third-order valence-corrected chi connectivity index (χ3v) is 3.19. The summed E-state index contributed by atoms with van der Waals surface area (Å²) in [5.41, 5.74) is 2.30. The Hall–Kier alpha value is -0.670. The van der Waals surface area contributed by atoms with Crippen LogP contribution in [-0.2, 0) is 17.6 Å². The molecule has 0 aromatic heterocycles. The maximum Gasteiger partial charge on any atom is 0.130 e. The summed E-state index contributed by atoms with van der Waals surface area (Å²) in [6.45, 7) is 1.61. The Bertz CT molecular complexity index is 332. The van der Waals surface area contributed by atoms with Crippen LogP contribution < -0.4 is 0 Å². The van der Waals surface area contributed by atoms with Gasteiger partial charge in [0.2, 0.25) is 0 Å². The van der Waals surface area contributed by atoms with Gasteiger partial charge in [0, 0.05) is 11.8 Å². The molecule has 1 aromatic rings. The summed E-state index contributed by atoms with van der Waals surface area (Å²) in [5, 5.41) is 10.1. The molecule has 0 radical (unpaired) electrons. The van der Waals surface area contributed by atoms with Crippen molar-refractivity contribution in [2.24, 2.45) is 0 Å². The van der Waals surface area contributed by atoms with Crippen molar-refractivity contribution in [3.63, 3.8) is 0 Å². The van der Waals surface area contributed by atoms with Crippen molar-refractivity contribution in [1.82, 2.24) is 0 Å². The second kappa shape index (κ2) is 6.81. The number of aliphatic hydroxyl groups is 1. The summed E-state index contributed by atoms with van der Waals surface area (Å²) < 4.78 is 0. The van der Waals surface area contributed by atoms with E-state index >= 15 is 0 Å². The van der Waals surface area contributed by atoms with Gasteiger partial charge in [-0.15, -0.1) is 0 Å². The second-order valence-electron chi connectivity index (χ2n) is 4.03. The zero-order valence-corrected chi connectivity index (χ0v) is 11.0. The fourth-order valence-corrected chi connectivity index (χ4v) is 1.72. The molecule has 0 fully saturated rings. The van der Waals surface area contributed by atoms with Gasteiger partial charge in [-0.2, -0.15) is 0 Å². The fourth-order valence-electron chi connectivity index (χ4n) is 1.49. The molecular formula is C13H17BrO2. The van der Waals surface area contributed by atoms with Gasteiger partial charge in [0.1, 0.15) is 5.78 Å². The minimum absolute atomic E-state index is 0.221. The van der Waals surface area contributed by atoms with E-state index in [0.29, 0.717) is 18.2 Å². The van der Waals surface area contributed by atoms with E-state index in [2.05, 4.69) is 15.9 Å². The Morgan fingerprint density at radius 1 is 1.31 bits per heavy atom. The molecule has 88 valence electrons. The Kier molecular flexibility index (Phi) is 5.71. The van der Waals surface area contributed by atoms with Gasteiger partial charge in [-0.25, -0.2) is 0 Å². The van der Waals surface area contributed by atoms with Crippen molar-refractivity contribution in [1.29, 1.82) is 0 Å². The molecular weight excluding hydrogens is 268 g/mol. The Labute approximate surface area is 105 Å². The van der Waals surface area contributed by atoms with Crippen molar-refractivity contribution in [3.8, 4) is 0 Å². The zero-order valence-electron chi connectivity index (χ0n) is 9.45. The van der Waals surface area contributed by atoms with E-state index in [0.717, 1.165) is 12.0 Å². The zero-order chi connectivity index (χ0) is 12.0. The van der Waals surface area contributed by atoms with Crippen LogP contribution in [0.25, 0.3) is 0 Å². The highest BCUT2D eigenvalue weighted by atomic mass is 79.9. The maximum atomic E-state index is 10.8. The predicted molar refractivity (Wildman–Crippen MR) is 68.9 cm³/mol. The number of ketones is 1. The number of benzene rings is 1. The highest BCUT2D eigenvalue weighted by Gasteiger charge is 2.03. The Morgan fingerprint density at radius 3 is 2.38 bits per heavy atom. The number of aliphatic hydroxyl groups excluding tert-OH is 1. The van der Waals surface area contributed by atoms with Crippen LogP contribution in [0, 0.1) is 0 Å². The number of carbonyl (C=O) groups excluding carboxylic acids is 1. The molecule has 0 aliphatic heterocycles. The van der Waals surface area contributed by atoms with Crippen LogP contribution >= 0.6 is 15.9 Å². The molecule has 16 heavy (non-hydrogen) atoms. The van der Waals surface area contributed by atoms with Crippen molar-refractivity contribution in [2.45, 2.75) is 32.3 Å². The lowest BCUT2D eigenvalue weighted by Gasteiger charge is -2.07. The SMILES string of the molecule is CC(=O)CCc1ccc(C[C@@H](O)CBr)cc1. The number of alkyl halides is 1. The number of carbonyl (C=O) groups is 1. The summed E-state index contributed by atoms with van der Waals surface area (Å²) >= 11 is 3.24. The van der Waals surface area contributed by atoms with E-state index in [4.69, 9.17) is 0 Å². The Balaban J connectivity index is 2.50. The van der Waals surface area contributed by atoms with Crippen molar-refractivity contribution >= 4 is 21.7 Å². The lowest BCUT2D eigenvalue weighted by Crippen LogP contribution is -2.11. The molecule has 3 heteroatoms. The molecule has 0 spiro atoms. The Morgan fingerprint density at radius 2 is 1.88 bits per heavy atom. The number of hydrogen-bond acceptors (Lipinski definition) is 2. The normalized spacial score (nSPS) is 12.4. The van der Waals surface area contributed by atoms with Crippen molar-refractivity contribution in [2.75, 3.05) is 5.33 Å². The van der Waals surface area contributed by atoms with E-state index < -0.39 is 0 Å². The van der Waals surface area contributed by atoms with Crippen LogP contribution in [0.2, 0.25) is 0 Å². The smallest absolute Gasteiger partial charge is 0.130 e. The summed E-state index contributed by atoms with van der Waals surface area (Å²) in [6, 6.07) is 8.08. The van der Waals surface area contributed by atoms with Gasteiger partial charge in [-0.05, 0) is 30.9 Å². The van der Waals surface area contributed by atoms with Crippen LogP contribution in [0.4, 0.5) is 0 Å². The standard InChI is InChI=1S/C13H17BrO2/c1-10(15)2-3-11-4-6-12(7-5-11)8-13(16)9-14/h4-7,13,16H,2-3,8-9H2,1H3/t13-/m1/s1. The quantitative estimate of drug-likeness (QED) is 0.815. The molecule has 1 N–H and O–H groups in total. The molecule has 1 atom stereocenters. The predicted octanol–water partition coefficient (Wildman–Crippen LogP) is 2.51. The van der Waals surface area contributed by atoms with Crippen LogP contribution in [0.3, 0.4) is 0 Å². The topological polar surface area (TPSA) is 37.3 Å². The van der Waals surface area contributed by atoms with Crippen molar-refractivity contribution in [3.05, 3.63) is 35.4 Å². The number of aryl methyl sites for hydroxylation is 1. The minimum atomic E-state index is -0.330. The highest BCUT2D eigenvalue weighted by Crippen LogP contribution is 2.09. The minimum Gasteiger partial charge on any atom is -0.392 e. The molecule has 2 nitrogen and oxygen atoms in total. The monoisotopic (exact) mass is 284 g/mol. The van der Waals surface area contributed by atoms with Gasteiger partial charge in [-0.1, -0.05) is 40.2 Å². The molecule has 1 aromatic carbocycles. The summed E-state index contributed by atoms with van der Waals surface area (Å²) in [7, 11) is 0. The largest absolute Gasteiger partial charge is 0.392 e. The number of Topliss-reactive ketones (excluding diaryl/α,β-unsaturated/α-hetero) is 1. The number of rotatable bonds is 6. The molecule has 1 rings (SSSR count). The molecule has 0 saturated carbocycles. The van der Waals surface area contributed by atoms with E-state index in [1.54, 1.807) is 6.92 Å². The average molecular weight is 285 g/mol. The first-order valence-electron chi connectivity index (χ1n) is 5.43. The molecule has 0 bridgehead atoms. The van der Waals surface area contributed by atoms with Crippen LogP contribution in [-0.4, -0.2) is 22.3 Å². The van der Waals surface area contributed by atoms with Gasteiger partial charge in [0.05, 0.1) is 6.10 Å². The molecule has 0 saturated heterocycles. The lowest BCUT2D eigenvalue weighted by atomic mass is 10.0. The average Bonchev–Trinajstić information content (AvgIpc) is 2.28. The van der Waals surface area contributed by atoms with Gasteiger partial charge in [0.15, 0.2) is 0 Å². The molecule has 0 heterocycles. The van der Waals surface area contributed by atoms with E-state index in [-0.39, 0.29) is 11.9 Å². The van der Waals surface area contributed by atoms with Gasteiger partial charge in [0.25, 0.3) is 0 Å². The number of halogens is 1. The van der Waals surface area contributed by atoms with Crippen molar-refractivity contribution < 1.29 is 9.90 Å². The molecule has 0 aliphatic rings. The summed E-state index contributed by atoms with van der Waals surface area (Å²) in [5.74, 6) is 0.221. The van der Waals surface area contributed by atoms with Gasteiger partial charge >= 0.3 is 0 Å². The van der Waals surface area contributed by atoms with Crippen LogP contribution in [0.15, 0.2) is 24.3 Å². The molecule has 0 aliphatic carbocycles. The third-order valence-electron chi connectivity index (χ3n) is 2.44. The third kappa shape index (κ3) is 4.90. The van der Waals surface area contributed by atoms with E-state index in [1.165, 1.54) is 5.56 Å². The second-order valence-corrected chi connectivity index (χ2v) is 4.68. The molecule has 0 amide bonds. The fraction of sp³-hybridized carbons (Fsp3) is 0.462. The first-order chi connectivity index (χ1) is 7.61. The van der Waals surface area contributed by atoms with E-state index in [1.807, 2.05) is 24.3 Å². The summed E-state index contributed by atoms with van der Waals surface area (Å²) in [6.07, 6.45) is 1.74. The van der Waals surface area contributed by atoms with Gasteiger partial charge < -0.3 is 9.90 Å².